The number of hydrogen-bond donors (Lipinski definition) is 1. The number of anilines is 1. The number of amides is 1. The van der Waals surface area contributed by atoms with Gasteiger partial charge in [0.2, 0.25) is 5.91 Å². The SMILES string of the molecule is O=C(Nc1ccc(Cl)c(Cl)c1)[C@@H]1[C@@H]2O[C@@H]([C@H]3C[C@H]32)[C@@H]1c1cncnc1. The Morgan fingerprint density at radius 1 is 1.12 bits per heavy atom. The minimum absolute atomic E-state index is 0.00211. The van der Waals surface area contributed by atoms with Crippen LogP contribution in [0.25, 0.3) is 0 Å². The summed E-state index contributed by atoms with van der Waals surface area (Å²) in [5.41, 5.74) is 1.60. The van der Waals surface area contributed by atoms with Gasteiger partial charge in [0.15, 0.2) is 0 Å². The topological polar surface area (TPSA) is 64.1 Å². The van der Waals surface area contributed by atoms with Crippen molar-refractivity contribution in [1.82, 2.24) is 9.97 Å². The average molecular weight is 376 g/mol. The number of rotatable bonds is 3. The van der Waals surface area contributed by atoms with E-state index in [1.54, 1.807) is 30.6 Å². The van der Waals surface area contributed by atoms with Crippen LogP contribution in [0.5, 0.6) is 0 Å². The Morgan fingerprint density at radius 3 is 2.64 bits per heavy atom. The first kappa shape index (κ1) is 15.6. The molecule has 1 aromatic heterocycles. The Bertz CT molecular complexity index is 847. The monoisotopic (exact) mass is 375 g/mol. The van der Waals surface area contributed by atoms with Gasteiger partial charge in [-0.25, -0.2) is 9.97 Å². The Kier molecular flexibility index (Phi) is 3.52. The molecule has 5 rings (SSSR count). The molecule has 1 saturated carbocycles. The van der Waals surface area contributed by atoms with Crippen LogP contribution < -0.4 is 5.32 Å². The van der Waals surface area contributed by atoms with Crippen molar-refractivity contribution < 1.29 is 9.53 Å². The molecular weight excluding hydrogens is 361 g/mol. The van der Waals surface area contributed by atoms with Crippen molar-refractivity contribution in [1.29, 1.82) is 0 Å². The second kappa shape index (κ2) is 5.66. The Labute approximate surface area is 154 Å². The van der Waals surface area contributed by atoms with Crippen molar-refractivity contribution in [2.24, 2.45) is 17.8 Å². The highest BCUT2D eigenvalue weighted by Crippen LogP contribution is 2.65. The highest BCUT2D eigenvalue weighted by Gasteiger charge is 2.68. The quantitative estimate of drug-likeness (QED) is 0.890. The summed E-state index contributed by atoms with van der Waals surface area (Å²) in [5.74, 6) is 0.789. The van der Waals surface area contributed by atoms with Gasteiger partial charge in [-0.15, -0.1) is 0 Å². The maximum Gasteiger partial charge on any atom is 0.230 e. The third-order valence-corrected chi connectivity index (χ3v) is 6.34. The fourth-order valence-electron chi connectivity index (χ4n) is 4.48. The molecule has 3 aliphatic rings. The number of carbonyl (C=O) groups is 1. The maximum atomic E-state index is 13.0. The lowest BCUT2D eigenvalue weighted by atomic mass is 9.75. The van der Waals surface area contributed by atoms with Crippen LogP contribution in [0.3, 0.4) is 0 Å². The molecule has 6 atom stereocenters. The van der Waals surface area contributed by atoms with Crippen molar-refractivity contribution in [3.05, 3.63) is 52.5 Å². The first-order chi connectivity index (χ1) is 12.1. The second-order valence-electron chi connectivity index (χ2n) is 6.97. The lowest BCUT2D eigenvalue weighted by molar-refractivity contribution is -0.122. The van der Waals surface area contributed by atoms with E-state index in [9.17, 15) is 4.79 Å². The number of carbonyl (C=O) groups excluding carboxylic acids is 1. The highest BCUT2D eigenvalue weighted by molar-refractivity contribution is 6.42. The fourth-order valence-corrected chi connectivity index (χ4v) is 4.77. The Hall–Kier alpha value is -1.69. The zero-order valence-corrected chi connectivity index (χ0v) is 14.6. The van der Waals surface area contributed by atoms with E-state index >= 15 is 0 Å². The van der Waals surface area contributed by atoms with Gasteiger partial charge in [0.25, 0.3) is 0 Å². The molecule has 25 heavy (non-hydrogen) atoms. The molecule has 3 heterocycles. The summed E-state index contributed by atoms with van der Waals surface area (Å²) in [7, 11) is 0. The number of ether oxygens (including phenoxy) is 1. The van der Waals surface area contributed by atoms with Crippen LogP contribution >= 0.6 is 23.2 Å². The average Bonchev–Trinajstić information content (AvgIpc) is 3.23. The third-order valence-electron chi connectivity index (χ3n) is 5.60. The van der Waals surface area contributed by atoms with E-state index in [1.807, 2.05) is 0 Å². The first-order valence-corrected chi connectivity index (χ1v) is 9.05. The molecule has 3 fully saturated rings. The third kappa shape index (κ3) is 2.45. The van der Waals surface area contributed by atoms with E-state index < -0.39 is 0 Å². The lowest BCUT2D eigenvalue weighted by Gasteiger charge is -2.26. The first-order valence-electron chi connectivity index (χ1n) is 8.30. The Morgan fingerprint density at radius 2 is 1.88 bits per heavy atom. The largest absolute Gasteiger partial charge is 0.373 e. The number of halogens is 2. The number of aromatic nitrogens is 2. The van der Waals surface area contributed by atoms with Crippen LogP contribution in [0.2, 0.25) is 10.0 Å². The van der Waals surface area contributed by atoms with Crippen LogP contribution in [0.15, 0.2) is 36.9 Å². The standard InChI is InChI=1S/C18H15Cl2N3O2/c19-12-2-1-9(3-13(12)20)23-18(24)15-14(8-5-21-7-22-6-8)16-10-4-11(10)17(15)25-16/h1-3,5-7,10-11,14-17H,4H2,(H,23,24)/t10-,11+,14+,15-,16-,17+/m0/s1. The molecule has 1 N–H and O–H groups in total. The van der Waals surface area contributed by atoms with Gasteiger partial charge in [-0.2, -0.15) is 0 Å². The number of nitrogens with zero attached hydrogens (tertiary/aromatic N) is 2. The summed E-state index contributed by atoms with van der Waals surface area (Å²) in [6, 6.07) is 5.09. The summed E-state index contributed by atoms with van der Waals surface area (Å²) in [6.45, 7) is 0. The van der Waals surface area contributed by atoms with E-state index in [4.69, 9.17) is 27.9 Å². The van der Waals surface area contributed by atoms with Gasteiger partial charge >= 0.3 is 0 Å². The highest BCUT2D eigenvalue weighted by atomic mass is 35.5. The molecule has 2 aliphatic heterocycles. The van der Waals surface area contributed by atoms with Gasteiger partial charge in [-0.1, -0.05) is 23.2 Å². The van der Waals surface area contributed by atoms with Gasteiger partial charge in [0.1, 0.15) is 6.33 Å². The normalized spacial score (nSPS) is 34.6. The van der Waals surface area contributed by atoms with Crippen LogP contribution in [0, 0.1) is 17.8 Å². The second-order valence-corrected chi connectivity index (χ2v) is 7.78. The van der Waals surface area contributed by atoms with E-state index in [-0.39, 0.29) is 30.0 Å². The van der Waals surface area contributed by atoms with Crippen molar-refractivity contribution >= 4 is 34.8 Å². The van der Waals surface area contributed by atoms with Crippen molar-refractivity contribution in [3.63, 3.8) is 0 Å². The summed E-state index contributed by atoms with van der Waals surface area (Å²) in [4.78, 5) is 21.3. The number of benzene rings is 1. The molecular formula is C18H15Cl2N3O2. The predicted molar refractivity (Wildman–Crippen MR) is 93.6 cm³/mol. The van der Waals surface area contributed by atoms with E-state index in [1.165, 1.54) is 6.33 Å². The molecule has 0 unspecified atom stereocenters. The van der Waals surface area contributed by atoms with Crippen LogP contribution in [-0.4, -0.2) is 28.1 Å². The van der Waals surface area contributed by atoms with Crippen LogP contribution in [0.4, 0.5) is 5.69 Å². The molecule has 0 radical (unpaired) electrons. The predicted octanol–water partition coefficient (Wildman–Crippen LogP) is 3.54. The van der Waals surface area contributed by atoms with Crippen molar-refractivity contribution in [2.75, 3.05) is 5.32 Å². The number of nitrogens with one attached hydrogen (secondary N) is 1. The summed E-state index contributed by atoms with van der Waals surface area (Å²) >= 11 is 12.0. The van der Waals surface area contributed by atoms with Gasteiger partial charge in [0.05, 0.1) is 28.2 Å². The zero-order chi connectivity index (χ0) is 17.1. The smallest absolute Gasteiger partial charge is 0.230 e. The molecule has 5 nitrogen and oxygen atoms in total. The van der Waals surface area contributed by atoms with Gasteiger partial charge < -0.3 is 10.1 Å². The fraction of sp³-hybridized carbons (Fsp3) is 0.389. The van der Waals surface area contributed by atoms with Crippen molar-refractivity contribution in [2.45, 2.75) is 24.5 Å². The molecule has 7 heteroatoms. The van der Waals surface area contributed by atoms with E-state index in [0.29, 0.717) is 27.6 Å². The molecule has 1 amide bonds. The van der Waals surface area contributed by atoms with Gasteiger partial charge in [-0.3, -0.25) is 4.79 Å². The molecule has 1 aromatic carbocycles. The summed E-state index contributed by atoms with van der Waals surface area (Å²) < 4.78 is 6.15. The number of fused-ring (bicyclic) bond motifs is 5. The van der Waals surface area contributed by atoms with Crippen molar-refractivity contribution in [3.8, 4) is 0 Å². The maximum absolute atomic E-state index is 13.0. The van der Waals surface area contributed by atoms with Crippen LogP contribution in [-0.2, 0) is 9.53 Å². The summed E-state index contributed by atoms with van der Waals surface area (Å²) in [6.07, 6.45) is 6.30. The molecule has 2 aromatic rings. The molecule has 1 aliphatic carbocycles. The van der Waals surface area contributed by atoms with Crippen LogP contribution in [0.1, 0.15) is 17.9 Å². The van der Waals surface area contributed by atoms with E-state index in [0.717, 1.165) is 12.0 Å². The molecule has 2 saturated heterocycles. The molecule has 128 valence electrons. The zero-order valence-electron chi connectivity index (χ0n) is 13.1. The van der Waals surface area contributed by atoms with E-state index in [2.05, 4.69) is 15.3 Å². The van der Waals surface area contributed by atoms with Gasteiger partial charge in [0, 0.05) is 24.0 Å². The Balaban J connectivity index is 1.44. The minimum atomic E-state index is -0.241. The minimum Gasteiger partial charge on any atom is -0.373 e. The molecule has 2 bridgehead atoms. The lowest BCUT2D eigenvalue weighted by Crippen LogP contribution is -2.37. The summed E-state index contributed by atoms with van der Waals surface area (Å²) in [5, 5.41) is 3.85. The molecule has 0 spiro atoms. The number of hydrogen-bond acceptors (Lipinski definition) is 4. The van der Waals surface area contributed by atoms with Gasteiger partial charge in [-0.05, 0) is 42.0 Å².